The van der Waals surface area contributed by atoms with Gasteiger partial charge in [-0.1, -0.05) is 30.3 Å². The molecule has 0 aliphatic carbocycles. The minimum atomic E-state index is -4.89. The van der Waals surface area contributed by atoms with Crippen molar-refractivity contribution in [2.24, 2.45) is 0 Å². The van der Waals surface area contributed by atoms with E-state index < -0.39 is 22.9 Å². The van der Waals surface area contributed by atoms with Gasteiger partial charge in [0.2, 0.25) is 11.2 Å². The molecule has 31 heavy (non-hydrogen) atoms. The van der Waals surface area contributed by atoms with E-state index in [1.807, 2.05) is 18.7 Å². The third kappa shape index (κ3) is 4.18. The molecule has 4 rings (SSSR count). The van der Waals surface area contributed by atoms with Crippen molar-refractivity contribution in [2.75, 3.05) is 13.1 Å². The van der Waals surface area contributed by atoms with Crippen molar-refractivity contribution in [3.8, 4) is 16.9 Å². The monoisotopic (exact) mass is 433 g/mol. The summed E-state index contributed by atoms with van der Waals surface area (Å²) < 4.78 is 52.8. The molecule has 2 atom stereocenters. The van der Waals surface area contributed by atoms with Crippen LogP contribution in [0.15, 0.2) is 51.7 Å². The summed E-state index contributed by atoms with van der Waals surface area (Å²) in [5.74, 6) is -1.59. The van der Waals surface area contributed by atoms with E-state index in [4.69, 9.17) is 9.15 Å². The molecule has 1 saturated heterocycles. The van der Waals surface area contributed by atoms with Gasteiger partial charge in [0.25, 0.3) is 0 Å². The van der Waals surface area contributed by atoms with Crippen LogP contribution in [0.3, 0.4) is 0 Å². The van der Waals surface area contributed by atoms with E-state index >= 15 is 0 Å². The van der Waals surface area contributed by atoms with Gasteiger partial charge < -0.3 is 14.3 Å². The summed E-state index contributed by atoms with van der Waals surface area (Å²) in [4.78, 5) is 15.1. The largest absolute Gasteiger partial charge is 0.507 e. The molecular formula is C23H22F3NO4. The number of halogens is 3. The SMILES string of the molecule is C[C@@H]1CN(Cc2c(O)ccc3c(=O)c(-c4ccccc4)c(C(F)(F)F)oc23)C[C@H](C)O1. The summed E-state index contributed by atoms with van der Waals surface area (Å²) in [6.07, 6.45) is -5.02. The number of ether oxygens (including phenoxy) is 1. The highest BCUT2D eigenvalue weighted by atomic mass is 19.4. The predicted octanol–water partition coefficient (Wildman–Crippen LogP) is 4.79. The smallest absolute Gasteiger partial charge is 0.450 e. The molecule has 2 aromatic carbocycles. The number of rotatable bonds is 3. The minimum absolute atomic E-state index is 0.00555. The van der Waals surface area contributed by atoms with Gasteiger partial charge in [-0.15, -0.1) is 0 Å². The highest BCUT2D eigenvalue weighted by molar-refractivity contribution is 5.86. The first-order valence-corrected chi connectivity index (χ1v) is 9.97. The molecule has 1 fully saturated rings. The molecule has 8 heteroatoms. The fraction of sp³-hybridized carbons (Fsp3) is 0.348. The van der Waals surface area contributed by atoms with Crippen molar-refractivity contribution >= 4 is 11.0 Å². The normalized spacial score (nSPS) is 20.3. The fourth-order valence-electron chi connectivity index (χ4n) is 4.16. The summed E-state index contributed by atoms with van der Waals surface area (Å²) in [6, 6.07) is 10.3. The molecule has 0 saturated carbocycles. The molecule has 1 aromatic heterocycles. The van der Waals surface area contributed by atoms with Crippen LogP contribution < -0.4 is 5.43 Å². The molecule has 1 N–H and O–H groups in total. The lowest BCUT2D eigenvalue weighted by Crippen LogP contribution is -2.44. The summed E-state index contributed by atoms with van der Waals surface area (Å²) >= 11 is 0. The van der Waals surface area contributed by atoms with Crippen molar-refractivity contribution in [3.63, 3.8) is 0 Å². The Kier molecular flexibility index (Phi) is 5.53. The standard InChI is InChI=1S/C23H22F3NO4/c1-13-10-27(11-14(2)30-13)12-17-18(28)9-8-16-20(29)19(15-6-4-3-5-7-15)22(23(24,25)26)31-21(16)17/h3-9,13-14,28H,10-12H2,1-2H3/t13-,14+. The number of phenols is 1. The fourth-order valence-corrected chi connectivity index (χ4v) is 4.16. The Morgan fingerprint density at radius 3 is 2.32 bits per heavy atom. The topological polar surface area (TPSA) is 62.9 Å². The van der Waals surface area contributed by atoms with Crippen molar-refractivity contribution < 1.29 is 27.4 Å². The van der Waals surface area contributed by atoms with Gasteiger partial charge >= 0.3 is 6.18 Å². The lowest BCUT2D eigenvalue weighted by Gasteiger charge is -2.35. The van der Waals surface area contributed by atoms with E-state index in [1.165, 1.54) is 24.3 Å². The van der Waals surface area contributed by atoms with Crippen molar-refractivity contribution in [1.29, 1.82) is 0 Å². The molecule has 3 aromatic rings. The van der Waals surface area contributed by atoms with Gasteiger partial charge in [-0.2, -0.15) is 13.2 Å². The van der Waals surface area contributed by atoms with Crippen LogP contribution in [0.4, 0.5) is 13.2 Å². The maximum atomic E-state index is 13.9. The van der Waals surface area contributed by atoms with Gasteiger partial charge in [0.05, 0.1) is 28.7 Å². The number of nitrogens with zero attached hydrogens (tertiary/aromatic N) is 1. The summed E-state index contributed by atoms with van der Waals surface area (Å²) in [5, 5.41) is 10.4. The number of hydrogen-bond donors (Lipinski definition) is 1. The van der Waals surface area contributed by atoms with E-state index in [1.54, 1.807) is 18.2 Å². The van der Waals surface area contributed by atoms with Gasteiger partial charge in [-0.25, -0.2) is 0 Å². The molecule has 0 radical (unpaired) electrons. The number of alkyl halides is 3. The maximum Gasteiger partial charge on any atom is 0.450 e. The Hall–Kier alpha value is -2.84. The first-order chi connectivity index (χ1) is 14.6. The lowest BCUT2D eigenvalue weighted by atomic mass is 10.00. The molecule has 1 aliphatic heterocycles. The molecule has 2 heterocycles. The van der Waals surface area contributed by atoms with Gasteiger partial charge in [0.15, 0.2) is 0 Å². The van der Waals surface area contributed by atoms with Gasteiger partial charge in [-0.3, -0.25) is 9.69 Å². The Labute approximate surface area is 176 Å². The number of fused-ring (bicyclic) bond motifs is 1. The Morgan fingerprint density at radius 1 is 1.06 bits per heavy atom. The first-order valence-electron chi connectivity index (χ1n) is 9.97. The Morgan fingerprint density at radius 2 is 1.71 bits per heavy atom. The second kappa shape index (κ2) is 8.01. The zero-order valence-corrected chi connectivity index (χ0v) is 17.1. The molecule has 5 nitrogen and oxygen atoms in total. The van der Waals surface area contributed by atoms with Crippen LogP contribution in [0.25, 0.3) is 22.1 Å². The third-order valence-corrected chi connectivity index (χ3v) is 5.34. The molecule has 0 bridgehead atoms. The second-order valence-corrected chi connectivity index (χ2v) is 7.89. The predicted molar refractivity (Wildman–Crippen MR) is 110 cm³/mol. The highest BCUT2D eigenvalue weighted by Crippen LogP contribution is 2.39. The maximum absolute atomic E-state index is 13.9. The van der Waals surface area contributed by atoms with Crippen LogP contribution in [-0.4, -0.2) is 35.3 Å². The molecular weight excluding hydrogens is 411 g/mol. The summed E-state index contributed by atoms with van der Waals surface area (Å²) in [5.41, 5.74) is -1.30. The highest BCUT2D eigenvalue weighted by Gasteiger charge is 2.40. The Bertz CT molecular complexity index is 1150. The Balaban J connectivity index is 1.92. The number of aromatic hydroxyl groups is 1. The van der Waals surface area contributed by atoms with E-state index in [0.29, 0.717) is 13.1 Å². The van der Waals surface area contributed by atoms with E-state index in [9.17, 15) is 23.1 Å². The molecule has 0 spiro atoms. The van der Waals surface area contributed by atoms with Crippen LogP contribution in [-0.2, 0) is 17.5 Å². The quantitative estimate of drug-likeness (QED) is 0.643. The molecule has 0 unspecified atom stereocenters. The number of hydrogen-bond acceptors (Lipinski definition) is 5. The van der Waals surface area contributed by atoms with Crippen molar-refractivity contribution in [2.45, 2.75) is 38.8 Å². The average molecular weight is 433 g/mol. The van der Waals surface area contributed by atoms with E-state index in [-0.39, 0.29) is 46.6 Å². The third-order valence-electron chi connectivity index (χ3n) is 5.34. The van der Waals surface area contributed by atoms with E-state index in [0.717, 1.165) is 0 Å². The van der Waals surface area contributed by atoms with Crippen LogP contribution in [0, 0.1) is 0 Å². The van der Waals surface area contributed by atoms with Crippen molar-refractivity contribution in [1.82, 2.24) is 4.90 Å². The van der Waals surface area contributed by atoms with E-state index in [2.05, 4.69) is 0 Å². The van der Waals surface area contributed by atoms with Crippen LogP contribution in [0.2, 0.25) is 0 Å². The summed E-state index contributed by atoms with van der Waals surface area (Å²) in [6.45, 7) is 5.02. The van der Waals surface area contributed by atoms with Gasteiger partial charge in [0.1, 0.15) is 11.3 Å². The van der Waals surface area contributed by atoms with Crippen molar-refractivity contribution in [3.05, 3.63) is 64.0 Å². The molecule has 0 amide bonds. The number of phenolic OH excluding ortho intramolecular Hbond substituents is 1. The van der Waals surface area contributed by atoms with Crippen LogP contribution >= 0.6 is 0 Å². The average Bonchev–Trinajstić information content (AvgIpc) is 2.69. The van der Waals surface area contributed by atoms with Crippen LogP contribution in [0.5, 0.6) is 5.75 Å². The zero-order valence-electron chi connectivity index (χ0n) is 17.1. The van der Waals surface area contributed by atoms with Crippen LogP contribution in [0.1, 0.15) is 25.2 Å². The summed E-state index contributed by atoms with van der Waals surface area (Å²) in [7, 11) is 0. The second-order valence-electron chi connectivity index (χ2n) is 7.89. The first kappa shape index (κ1) is 21.4. The molecule has 164 valence electrons. The van der Waals surface area contributed by atoms with Gasteiger partial charge in [0, 0.05) is 19.6 Å². The minimum Gasteiger partial charge on any atom is -0.507 e. The number of morpholine rings is 1. The zero-order chi connectivity index (χ0) is 22.3. The number of benzene rings is 2. The molecule has 1 aliphatic rings. The lowest BCUT2D eigenvalue weighted by molar-refractivity contribution is -0.152. The van der Waals surface area contributed by atoms with Gasteiger partial charge in [-0.05, 0) is 31.5 Å².